The molecule has 0 aliphatic carbocycles. The van der Waals surface area contributed by atoms with Crippen molar-refractivity contribution in [2.45, 2.75) is 26.5 Å². The molecule has 1 atom stereocenters. The molecule has 0 heterocycles. The molecule has 0 spiro atoms. The molecule has 0 fully saturated rings. The molecule has 1 aromatic carbocycles. The normalized spacial score (nSPS) is 12.4. The first-order valence-electron chi connectivity index (χ1n) is 5.47. The SMILES string of the molecule is CCOc1ccc(O)c(CNCC(C)O)c1. The van der Waals surface area contributed by atoms with Gasteiger partial charge in [0.05, 0.1) is 12.7 Å². The first-order chi connectivity index (χ1) is 7.63. The minimum absolute atomic E-state index is 0.238. The van der Waals surface area contributed by atoms with E-state index in [2.05, 4.69) is 5.32 Å². The van der Waals surface area contributed by atoms with E-state index in [1.807, 2.05) is 6.92 Å². The van der Waals surface area contributed by atoms with Gasteiger partial charge in [0.25, 0.3) is 0 Å². The number of nitrogens with one attached hydrogen (secondary N) is 1. The second kappa shape index (κ2) is 6.35. The van der Waals surface area contributed by atoms with Gasteiger partial charge in [-0.05, 0) is 32.0 Å². The van der Waals surface area contributed by atoms with Crippen LogP contribution in [0.3, 0.4) is 0 Å². The molecule has 4 nitrogen and oxygen atoms in total. The molecular weight excluding hydrogens is 206 g/mol. The first kappa shape index (κ1) is 12.8. The van der Waals surface area contributed by atoms with Crippen LogP contribution in [-0.4, -0.2) is 29.5 Å². The molecule has 0 saturated heterocycles. The summed E-state index contributed by atoms with van der Waals surface area (Å²) in [6, 6.07) is 5.15. The van der Waals surface area contributed by atoms with Crippen LogP contribution in [0.25, 0.3) is 0 Å². The summed E-state index contributed by atoms with van der Waals surface area (Å²) in [5.74, 6) is 0.982. The topological polar surface area (TPSA) is 61.7 Å². The second-order valence-corrected chi connectivity index (χ2v) is 3.70. The molecule has 1 aromatic rings. The van der Waals surface area contributed by atoms with E-state index in [0.29, 0.717) is 19.7 Å². The third-order valence-corrected chi connectivity index (χ3v) is 2.12. The molecule has 1 rings (SSSR count). The summed E-state index contributed by atoms with van der Waals surface area (Å²) in [4.78, 5) is 0. The average molecular weight is 225 g/mol. The van der Waals surface area contributed by atoms with Crippen LogP contribution in [0.15, 0.2) is 18.2 Å². The Morgan fingerprint density at radius 1 is 1.44 bits per heavy atom. The predicted molar refractivity (Wildman–Crippen MR) is 62.7 cm³/mol. The van der Waals surface area contributed by atoms with Crippen molar-refractivity contribution in [1.82, 2.24) is 5.32 Å². The molecule has 1 unspecified atom stereocenters. The number of hydrogen-bond donors (Lipinski definition) is 3. The average Bonchev–Trinajstić information content (AvgIpc) is 2.22. The number of phenols is 1. The van der Waals surface area contributed by atoms with Crippen LogP contribution in [-0.2, 0) is 6.54 Å². The summed E-state index contributed by atoms with van der Waals surface area (Å²) in [6.45, 7) is 5.24. The van der Waals surface area contributed by atoms with Gasteiger partial charge in [-0.1, -0.05) is 0 Å². The molecule has 0 radical (unpaired) electrons. The van der Waals surface area contributed by atoms with Gasteiger partial charge in [-0.3, -0.25) is 0 Å². The lowest BCUT2D eigenvalue weighted by Gasteiger charge is -2.10. The molecule has 0 amide bonds. The molecule has 0 aliphatic rings. The van der Waals surface area contributed by atoms with Gasteiger partial charge in [-0.15, -0.1) is 0 Å². The monoisotopic (exact) mass is 225 g/mol. The van der Waals surface area contributed by atoms with Crippen LogP contribution in [0.4, 0.5) is 0 Å². The highest BCUT2D eigenvalue weighted by atomic mass is 16.5. The maximum atomic E-state index is 9.61. The third kappa shape index (κ3) is 4.08. The van der Waals surface area contributed by atoms with Crippen molar-refractivity contribution in [3.05, 3.63) is 23.8 Å². The summed E-state index contributed by atoms with van der Waals surface area (Å²) in [6.07, 6.45) is -0.391. The molecule has 0 bridgehead atoms. The highest BCUT2D eigenvalue weighted by molar-refractivity contribution is 5.39. The van der Waals surface area contributed by atoms with Gasteiger partial charge in [-0.25, -0.2) is 0 Å². The van der Waals surface area contributed by atoms with Gasteiger partial charge >= 0.3 is 0 Å². The smallest absolute Gasteiger partial charge is 0.120 e. The fourth-order valence-electron chi connectivity index (χ4n) is 1.38. The number of ether oxygens (including phenoxy) is 1. The fourth-order valence-corrected chi connectivity index (χ4v) is 1.38. The van der Waals surface area contributed by atoms with Gasteiger partial charge < -0.3 is 20.3 Å². The molecule has 16 heavy (non-hydrogen) atoms. The third-order valence-electron chi connectivity index (χ3n) is 2.12. The van der Waals surface area contributed by atoms with Crippen molar-refractivity contribution in [2.75, 3.05) is 13.2 Å². The van der Waals surface area contributed by atoms with Crippen molar-refractivity contribution in [1.29, 1.82) is 0 Å². The molecule has 0 saturated carbocycles. The lowest BCUT2D eigenvalue weighted by molar-refractivity contribution is 0.191. The van der Waals surface area contributed by atoms with E-state index in [-0.39, 0.29) is 5.75 Å². The number of phenolic OH excluding ortho intramolecular Hbond substituents is 1. The van der Waals surface area contributed by atoms with Crippen molar-refractivity contribution in [3.8, 4) is 11.5 Å². The summed E-state index contributed by atoms with van der Waals surface area (Å²) in [7, 11) is 0. The van der Waals surface area contributed by atoms with E-state index in [4.69, 9.17) is 9.84 Å². The van der Waals surface area contributed by atoms with Crippen LogP contribution in [0.1, 0.15) is 19.4 Å². The van der Waals surface area contributed by atoms with Gasteiger partial charge in [0.1, 0.15) is 11.5 Å². The number of aliphatic hydroxyl groups is 1. The number of aliphatic hydroxyl groups excluding tert-OH is 1. The zero-order valence-corrected chi connectivity index (χ0v) is 9.73. The Hall–Kier alpha value is -1.26. The summed E-state index contributed by atoms with van der Waals surface area (Å²) >= 11 is 0. The largest absolute Gasteiger partial charge is 0.508 e. The Kier molecular flexibility index (Phi) is 5.08. The molecule has 90 valence electrons. The van der Waals surface area contributed by atoms with E-state index < -0.39 is 6.10 Å². The zero-order chi connectivity index (χ0) is 12.0. The Morgan fingerprint density at radius 3 is 2.81 bits per heavy atom. The van der Waals surface area contributed by atoms with Crippen molar-refractivity contribution in [2.24, 2.45) is 0 Å². The molecule has 0 aliphatic heterocycles. The number of hydrogen-bond acceptors (Lipinski definition) is 4. The van der Waals surface area contributed by atoms with E-state index in [1.165, 1.54) is 0 Å². The van der Waals surface area contributed by atoms with Crippen LogP contribution < -0.4 is 10.1 Å². The zero-order valence-electron chi connectivity index (χ0n) is 9.73. The van der Waals surface area contributed by atoms with Crippen molar-refractivity contribution < 1.29 is 14.9 Å². The van der Waals surface area contributed by atoms with E-state index in [1.54, 1.807) is 25.1 Å². The van der Waals surface area contributed by atoms with Gasteiger partial charge in [0.2, 0.25) is 0 Å². The van der Waals surface area contributed by atoms with E-state index in [0.717, 1.165) is 11.3 Å². The Balaban J connectivity index is 2.59. The van der Waals surface area contributed by atoms with Crippen LogP contribution in [0.2, 0.25) is 0 Å². The van der Waals surface area contributed by atoms with E-state index >= 15 is 0 Å². The number of benzene rings is 1. The second-order valence-electron chi connectivity index (χ2n) is 3.70. The number of rotatable bonds is 6. The van der Waals surface area contributed by atoms with Crippen LogP contribution >= 0.6 is 0 Å². The molecule has 0 aromatic heterocycles. The van der Waals surface area contributed by atoms with Gasteiger partial charge in [0, 0.05) is 18.7 Å². The molecular formula is C12H19NO3. The Bertz CT molecular complexity index is 326. The minimum atomic E-state index is -0.391. The predicted octanol–water partition coefficient (Wildman–Crippen LogP) is 1.26. The number of aromatic hydroxyl groups is 1. The maximum Gasteiger partial charge on any atom is 0.120 e. The lowest BCUT2D eigenvalue weighted by Crippen LogP contribution is -2.23. The minimum Gasteiger partial charge on any atom is -0.508 e. The highest BCUT2D eigenvalue weighted by Gasteiger charge is 2.03. The van der Waals surface area contributed by atoms with Crippen molar-refractivity contribution in [3.63, 3.8) is 0 Å². The maximum absolute atomic E-state index is 9.61. The molecule has 4 heteroatoms. The Labute approximate surface area is 95.9 Å². The Morgan fingerprint density at radius 2 is 2.19 bits per heavy atom. The summed E-state index contributed by atoms with van der Waals surface area (Å²) in [5, 5.41) is 21.7. The summed E-state index contributed by atoms with van der Waals surface area (Å²) < 4.78 is 5.34. The van der Waals surface area contributed by atoms with Crippen molar-refractivity contribution >= 4 is 0 Å². The quantitative estimate of drug-likeness (QED) is 0.682. The van der Waals surface area contributed by atoms with E-state index in [9.17, 15) is 5.11 Å². The van der Waals surface area contributed by atoms with Crippen LogP contribution in [0.5, 0.6) is 11.5 Å². The lowest BCUT2D eigenvalue weighted by atomic mass is 10.2. The molecule has 3 N–H and O–H groups in total. The summed E-state index contributed by atoms with van der Waals surface area (Å²) in [5.41, 5.74) is 0.770. The standard InChI is InChI=1S/C12H19NO3/c1-3-16-11-4-5-12(15)10(6-11)8-13-7-9(2)14/h4-6,9,13-15H,3,7-8H2,1-2H3. The fraction of sp³-hybridized carbons (Fsp3) is 0.500. The van der Waals surface area contributed by atoms with Gasteiger partial charge in [-0.2, -0.15) is 0 Å². The van der Waals surface area contributed by atoms with Gasteiger partial charge in [0.15, 0.2) is 0 Å². The highest BCUT2D eigenvalue weighted by Crippen LogP contribution is 2.22. The van der Waals surface area contributed by atoms with Crippen LogP contribution in [0, 0.1) is 0 Å². The first-order valence-corrected chi connectivity index (χ1v) is 5.47.